The summed E-state index contributed by atoms with van der Waals surface area (Å²) < 4.78 is 31.1. The molecule has 0 aliphatic rings. The van der Waals surface area contributed by atoms with Crippen molar-refractivity contribution in [1.29, 1.82) is 0 Å². The normalized spacial score (nSPS) is 12.6. The van der Waals surface area contributed by atoms with Crippen molar-refractivity contribution < 1.29 is 13.2 Å². The average molecular weight is 237 g/mol. The first-order valence-corrected chi connectivity index (χ1v) is 5.36. The van der Waals surface area contributed by atoms with E-state index in [1.165, 1.54) is 12.1 Å². The molecule has 0 saturated carbocycles. The van der Waals surface area contributed by atoms with Crippen molar-refractivity contribution in [1.82, 2.24) is 0 Å². The topological polar surface area (TPSA) is 39.2 Å². The zero-order valence-corrected chi connectivity index (χ0v) is 9.20. The van der Waals surface area contributed by atoms with Gasteiger partial charge in [0.25, 0.3) is 0 Å². The van der Waals surface area contributed by atoms with E-state index in [2.05, 4.69) is 0 Å². The predicted octanol–water partition coefficient (Wildman–Crippen LogP) is 2.67. The zero-order valence-electron chi connectivity index (χ0n) is 9.20. The first kappa shape index (κ1) is 11.8. The molecule has 0 aliphatic carbocycles. The van der Waals surface area contributed by atoms with E-state index < -0.39 is 11.6 Å². The summed E-state index contributed by atoms with van der Waals surface area (Å²) in [6, 6.07) is 6.83. The first-order valence-electron chi connectivity index (χ1n) is 5.36. The SMILES string of the molecule is NC(Cc1cc(F)cc(F)c1)Cc1ccco1. The maximum Gasteiger partial charge on any atom is 0.126 e. The van der Waals surface area contributed by atoms with Crippen LogP contribution in [-0.4, -0.2) is 6.04 Å². The van der Waals surface area contributed by atoms with Crippen LogP contribution in [0.15, 0.2) is 41.0 Å². The third-order valence-corrected chi connectivity index (χ3v) is 2.46. The minimum Gasteiger partial charge on any atom is -0.469 e. The van der Waals surface area contributed by atoms with Gasteiger partial charge in [-0.3, -0.25) is 0 Å². The molecule has 0 spiro atoms. The van der Waals surface area contributed by atoms with Crippen molar-refractivity contribution in [3.63, 3.8) is 0 Å². The lowest BCUT2D eigenvalue weighted by Gasteiger charge is -2.10. The largest absolute Gasteiger partial charge is 0.469 e. The molecule has 4 heteroatoms. The molecule has 90 valence electrons. The van der Waals surface area contributed by atoms with Gasteiger partial charge >= 0.3 is 0 Å². The molecule has 1 unspecified atom stereocenters. The van der Waals surface area contributed by atoms with Crippen LogP contribution in [0.5, 0.6) is 0 Å². The molecule has 0 bridgehead atoms. The summed E-state index contributed by atoms with van der Waals surface area (Å²) in [5.74, 6) is -0.384. The van der Waals surface area contributed by atoms with Crippen LogP contribution in [0.4, 0.5) is 8.78 Å². The van der Waals surface area contributed by atoms with E-state index in [9.17, 15) is 8.78 Å². The van der Waals surface area contributed by atoms with Gasteiger partial charge < -0.3 is 10.2 Å². The molecule has 0 fully saturated rings. The highest BCUT2D eigenvalue weighted by Crippen LogP contribution is 2.12. The summed E-state index contributed by atoms with van der Waals surface area (Å²) >= 11 is 0. The third kappa shape index (κ3) is 3.39. The van der Waals surface area contributed by atoms with Crippen molar-refractivity contribution in [2.45, 2.75) is 18.9 Å². The molecule has 0 aliphatic heterocycles. The molecule has 17 heavy (non-hydrogen) atoms. The van der Waals surface area contributed by atoms with Crippen LogP contribution in [0.1, 0.15) is 11.3 Å². The fourth-order valence-electron chi connectivity index (χ4n) is 1.79. The van der Waals surface area contributed by atoms with Gasteiger partial charge in [0.05, 0.1) is 6.26 Å². The fraction of sp³-hybridized carbons (Fsp3) is 0.231. The van der Waals surface area contributed by atoms with Gasteiger partial charge in [-0.2, -0.15) is 0 Å². The van der Waals surface area contributed by atoms with Gasteiger partial charge in [0.15, 0.2) is 0 Å². The molecule has 2 aromatic rings. The van der Waals surface area contributed by atoms with Crippen LogP contribution in [0.25, 0.3) is 0 Å². The molecule has 0 radical (unpaired) electrons. The molecule has 2 rings (SSSR count). The van der Waals surface area contributed by atoms with Gasteiger partial charge in [-0.15, -0.1) is 0 Å². The highest BCUT2D eigenvalue weighted by atomic mass is 19.1. The van der Waals surface area contributed by atoms with Crippen molar-refractivity contribution in [3.05, 3.63) is 59.6 Å². The highest BCUT2D eigenvalue weighted by Gasteiger charge is 2.09. The summed E-state index contributed by atoms with van der Waals surface area (Å²) in [7, 11) is 0. The van der Waals surface area contributed by atoms with Gasteiger partial charge in [-0.25, -0.2) is 8.78 Å². The maximum absolute atomic E-state index is 13.0. The van der Waals surface area contributed by atoms with Crippen LogP contribution in [-0.2, 0) is 12.8 Å². The molecule has 2 N–H and O–H groups in total. The van der Waals surface area contributed by atoms with Crippen LogP contribution >= 0.6 is 0 Å². The average Bonchev–Trinajstić information content (AvgIpc) is 2.67. The summed E-state index contributed by atoms with van der Waals surface area (Å²) in [6.45, 7) is 0. The molecule has 0 saturated heterocycles. The molecule has 1 heterocycles. The summed E-state index contributed by atoms with van der Waals surface area (Å²) in [6.07, 6.45) is 2.53. The summed E-state index contributed by atoms with van der Waals surface area (Å²) in [5.41, 5.74) is 6.45. The predicted molar refractivity (Wildman–Crippen MR) is 60.4 cm³/mol. The Kier molecular flexibility index (Phi) is 3.54. The minimum atomic E-state index is -0.579. The number of nitrogens with two attached hydrogens (primary N) is 1. The second-order valence-electron chi connectivity index (χ2n) is 4.03. The van der Waals surface area contributed by atoms with E-state index >= 15 is 0 Å². The van der Waals surface area contributed by atoms with Crippen molar-refractivity contribution in [2.24, 2.45) is 5.73 Å². The number of hydrogen-bond donors (Lipinski definition) is 1. The van der Waals surface area contributed by atoms with Gasteiger partial charge in [0, 0.05) is 18.5 Å². The molecule has 2 nitrogen and oxygen atoms in total. The Morgan fingerprint density at radius 2 is 1.82 bits per heavy atom. The summed E-state index contributed by atoms with van der Waals surface area (Å²) in [4.78, 5) is 0. The Balaban J connectivity index is 2.00. The van der Waals surface area contributed by atoms with E-state index in [-0.39, 0.29) is 6.04 Å². The van der Waals surface area contributed by atoms with Crippen molar-refractivity contribution >= 4 is 0 Å². The zero-order chi connectivity index (χ0) is 12.3. The highest BCUT2D eigenvalue weighted by molar-refractivity contribution is 5.19. The lowest BCUT2D eigenvalue weighted by Crippen LogP contribution is -2.25. The number of halogens is 2. The van der Waals surface area contributed by atoms with Crippen LogP contribution in [0, 0.1) is 11.6 Å². The van der Waals surface area contributed by atoms with Gasteiger partial charge in [0.2, 0.25) is 0 Å². The minimum absolute atomic E-state index is 0.220. The number of rotatable bonds is 4. The van der Waals surface area contributed by atoms with Gasteiger partial charge in [-0.1, -0.05) is 0 Å². The maximum atomic E-state index is 13.0. The van der Waals surface area contributed by atoms with E-state index in [1.807, 2.05) is 6.07 Å². The monoisotopic (exact) mass is 237 g/mol. The van der Waals surface area contributed by atoms with Crippen molar-refractivity contribution in [3.8, 4) is 0 Å². The Hall–Kier alpha value is -1.68. The molecular weight excluding hydrogens is 224 g/mol. The molecule has 0 amide bonds. The fourth-order valence-corrected chi connectivity index (χ4v) is 1.79. The standard InChI is InChI=1S/C13H13F2NO/c14-10-4-9(5-11(15)7-10)6-12(16)8-13-2-1-3-17-13/h1-5,7,12H,6,8,16H2. The first-order chi connectivity index (χ1) is 8.13. The van der Waals surface area contributed by atoms with E-state index in [1.54, 1.807) is 12.3 Å². The van der Waals surface area contributed by atoms with Gasteiger partial charge in [0.1, 0.15) is 17.4 Å². The Labute approximate surface area is 98.0 Å². The van der Waals surface area contributed by atoms with Crippen LogP contribution < -0.4 is 5.73 Å². The van der Waals surface area contributed by atoms with E-state index in [0.717, 1.165) is 11.8 Å². The molecule has 1 aromatic carbocycles. The number of furan rings is 1. The Morgan fingerprint density at radius 3 is 2.41 bits per heavy atom. The molecule has 1 atom stereocenters. The molecular formula is C13H13F2NO. The quantitative estimate of drug-likeness (QED) is 0.887. The number of benzene rings is 1. The van der Waals surface area contributed by atoms with Crippen LogP contribution in [0.3, 0.4) is 0 Å². The smallest absolute Gasteiger partial charge is 0.126 e. The second kappa shape index (κ2) is 5.10. The summed E-state index contributed by atoms with van der Waals surface area (Å²) in [5, 5.41) is 0. The number of hydrogen-bond acceptors (Lipinski definition) is 2. The lowest BCUT2D eigenvalue weighted by atomic mass is 10.0. The lowest BCUT2D eigenvalue weighted by molar-refractivity contribution is 0.482. The Bertz CT molecular complexity index is 462. The van der Waals surface area contributed by atoms with Gasteiger partial charge in [-0.05, 0) is 36.2 Å². The van der Waals surface area contributed by atoms with Crippen molar-refractivity contribution in [2.75, 3.05) is 0 Å². The molecule has 1 aromatic heterocycles. The Morgan fingerprint density at radius 1 is 1.12 bits per heavy atom. The second-order valence-corrected chi connectivity index (χ2v) is 4.03. The third-order valence-electron chi connectivity index (χ3n) is 2.46. The van der Waals surface area contributed by atoms with E-state index in [0.29, 0.717) is 18.4 Å². The van der Waals surface area contributed by atoms with Crippen LogP contribution in [0.2, 0.25) is 0 Å². The van der Waals surface area contributed by atoms with E-state index in [4.69, 9.17) is 10.2 Å².